The van der Waals surface area contributed by atoms with E-state index < -0.39 is 5.60 Å². The maximum absolute atomic E-state index is 8.87. The van der Waals surface area contributed by atoms with Gasteiger partial charge in [0.1, 0.15) is 0 Å². The minimum Gasteiger partial charge on any atom is -0.392 e. The SMILES string of the molecule is C#CC1(CO)CCC(C)O1. The van der Waals surface area contributed by atoms with Crippen LogP contribution in [0.25, 0.3) is 0 Å². The minimum absolute atomic E-state index is 0.0617. The van der Waals surface area contributed by atoms with Gasteiger partial charge in [0.15, 0.2) is 5.60 Å². The lowest BCUT2D eigenvalue weighted by atomic mass is 10.0. The second-order valence-electron chi connectivity index (χ2n) is 2.76. The summed E-state index contributed by atoms with van der Waals surface area (Å²) >= 11 is 0. The maximum atomic E-state index is 8.87. The predicted octanol–water partition coefficient (Wildman–Crippen LogP) is 0.550. The summed E-state index contributed by atoms with van der Waals surface area (Å²) in [6, 6.07) is 0. The van der Waals surface area contributed by atoms with E-state index in [2.05, 4.69) is 5.92 Å². The first-order valence-corrected chi connectivity index (χ1v) is 3.49. The maximum Gasteiger partial charge on any atom is 0.151 e. The van der Waals surface area contributed by atoms with Crippen molar-refractivity contribution in [2.24, 2.45) is 0 Å². The molecule has 1 heterocycles. The van der Waals surface area contributed by atoms with Gasteiger partial charge in [-0.25, -0.2) is 0 Å². The lowest BCUT2D eigenvalue weighted by Gasteiger charge is -2.19. The molecule has 1 aliphatic heterocycles. The lowest BCUT2D eigenvalue weighted by molar-refractivity contribution is -0.0274. The fourth-order valence-electron chi connectivity index (χ4n) is 1.21. The van der Waals surface area contributed by atoms with E-state index >= 15 is 0 Å². The van der Waals surface area contributed by atoms with Gasteiger partial charge < -0.3 is 9.84 Å². The summed E-state index contributed by atoms with van der Waals surface area (Å²) in [5.74, 6) is 2.49. The van der Waals surface area contributed by atoms with Crippen LogP contribution in [0.15, 0.2) is 0 Å². The largest absolute Gasteiger partial charge is 0.392 e. The Morgan fingerprint density at radius 2 is 2.60 bits per heavy atom. The van der Waals surface area contributed by atoms with Crippen molar-refractivity contribution in [2.45, 2.75) is 31.5 Å². The van der Waals surface area contributed by atoms with Gasteiger partial charge in [-0.1, -0.05) is 5.92 Å². The van der Waals surface area contributed by atoms with Gasteiger partial charge in [0.05, 0.1) is 12.7 Å². The highest BCUT2D eigenvalue weighted by Gasteiger charge is 2.35. The first-order chi connectivity index (χ1) is 4.72. The molecule has 1 saturated heterocycles. The van der Waals surface area contributed by atoms with Crippen molar-refractivity contribution in [3.63, 3.8) is 0 Å². The second-order valence-corrected chi connectivity index (χ2v) is 2.76. The van der Waals surface area contributed by atoms with Gasteiger partial charge in [-0.3, -0.25) is 0 Å². The number of hydrogen-bond acceptors (Lipinski definition) is 2. The van der Waals surface area contributed by atoms with E-state index in [1.165, 1.54) is 0 Å². The van der Waals surface area contributed by atoms with Gasteiger partial charge in [-0.05, 0) is 19.8 Å². The van der Waals surface area contributed by atoms with Crippen LogP contribution in [0.4, 0.5) is 0 Å². The van der Waals surface area contributed by atoms with Gasteiger partial charge >= 0.3 is 0 Å². The highest BCUT2D eigenvalue weighted by atomic mass is 16.5. The number of aliphatic hydroxyl groups is 1. The molecule has 0 bridgehead atoms. The topological polar surface area (TPSA) is 29.5 Å². The smallest absolute Gasteiger partial charge is 0.151 e. The molecule has 0 aromatic rings. The Bertz CT molecular complexity index is 159. The van der Waals surface area contributed by atoms with Crippen LogP contribution in [-0.4, -0.2) is 23.4 Å². The third-order valence-electron chi connectivity index (χ3n) is 1.90. The first-order valence-electron chi connectivity index (χ1n) is 3.49. The minimum atomic E-state index is -0.667. The average Bonchev–Trinajstić information content (AvgIpc) is 2.33. The van der Waals surface area contributed by atoms with Crippen LogP contribution in [0.3, 0.4) is 0 Å². The standard InChI is InChI=1S/C8H12O2/c1-3-8(6-9)5-4-7(2)10-8/h1,7,9H,4-6H2,2H3. The molecule has 56 valence electrons. The van der Waals surface area contributed by atoms with Crippen molar-refractivity contribution < 1.29 is 9.84 Å². The van der Waals surface area contributed by atoms with E-state index in [1.807, 2.05) is 6.92 Å². The fourth-order valence-corrected chi connectivity index (χ4v) is 1.21. The van der Waals surface area contributed by atoms with Crippen LogP contribution in [0.1, 0.15) is 19.8 Å². The molecular formula is C8H12O2. The van der Waals surface area contributed by atoms with Crippen molar-refractivity contribution in [2.75, 3.05) is 6.61 Å². The summed E-state index contributed by atoms with van der Waals surface area (Å²) in [4.78, 5) is 0. The van der Waals surface area contributed by atoms with E-state index in [1.54, 1.807) is 0 Å². The van der Waals surface area contributed by atoms with Crippen LogP contribution in [0.2, 0.25) is 0 Å². The third-order valence-corrected chi connectivity index (χ3v) is 1.90. The van der Waals surface area contributed by atoms with E-state index in [0.717, 1.165) is 12.8 Å². The van der Waals surface area contributed by atoms with Gasteiger partial charge in [-0.2, -0.15) is 0 Å². The van der Waals surface area contributed by atoms with Crippen molar-refractivity contribution in [1.29, 1.82) is 0 Å². The average molecular weight is 140 g/mol. The molecule has 2 nitrogen and oxygen atoms in total. The fraction of sp³-hybridized carbons (Fsp3) is 0.750. The Hall–Kier alpha value is -0.520. The Morgan fingerprint density at radius 3 is 2.80 bits per heavy atom. The molecule has 1 fully saturated rings. The van der Waals surface area contributed by atoms with E-state index in [-0.39, 0.29) is 12.7 Å². The van der Waals surface area contributed by atoms with Crippen LogP contribution in [-0.2, 0) is 4.74 Å². The molecule has 2 atom stereocenters. The number of ether oxygens (including phenoxy) is 1. The highest BCUT2D eigenvalue weighted by molar-refractivity contribution is 5.11. The molecule has 10 heavy (non-hydrogen) atoms. The number of rotatable bonds is 1. The number of terminal acetylenes is 1. The molecule has 1 aliphatic rings. The van der Waals surface area contributed by atoms with Gasteiger partial charge in [0.2, 0.25) is 0 Å². The van der Waals surface area contributed by atoms with Crippen LogP contribution in [0.5, 0.6) is 0 Å². The molecule has 0 spiro atoms. The molecule has 0 aliphatic carbocycles. The van der Waals surface area contributed by atoms with Gasteiger partial charge in [0.25, 0.3) is 0 Å². The number of hydrogen-bond donors (Lipinski definition) is 1. The summed E-state index contributed by atoms with van der Waals surface area (Å²) in [7, 11) is 0. The van der Waals surface area contributed by atoms with Crippen LogP contribution >= 0.6 is 0 Å². The molecule has 0 aromatic heterocycles. The predicted molar refractivity (Wildman–Crippen MR) is 38.4 cm³/mol. The molecule has 0 aromatic carbocycles. The lowest BCUT2D eigenvalue weighted by Crippen LogP contribution is -2.31. The second kappa shape index (κ2) is 2.61. The molecule has 1 rings (SSSR count). The van der Waals surface area contributed by atoms with Crippen molar-refractivity contribution >= 4 is 0 Å². The Kier molecular flexibility index (Phi) is 1.98. The Balaban J connectivity index is 2.62. The number of aliphatic hydroxyl groups excluding tert-OH is 1. The zero-order valence-corrected chi connectivity index (χ0v) is 6.13. The van der Waals surface area contributed by atoms with Crippen molar-refractivity contribution in [3.05, 3.63) is 0 Å². The Labute approximate surface area is 61.2 Å². The normalized spacial score (nSPS) is 39.5. The zero-order valence-electron chi connectivity index (χ0n) is 6.13. The molecule has 0 radical (unpaired) electrons. The Morgan fingerprint density at radius 1 is 1.90 bits per heavy atom. The van der Waals surface area contributed by atoms with Crippen LogP contribution in [0, 0.1) is 12.3 Å². The molecular weight excluding hydrogens is 128 g/mol. The first kappa shape index (κ1) is 7.59. The zero-order chi connectivity index (χ0) is 7.61. The van der Waals surface area contributed by atoms with E-state index in [4.69, 9.17) is 16.3 Å². The summed E-state index contributed by atoms with van der Waals surface area (Å²) in [5, 5.41) is 8.87. The van der Waals surface area contributed by atoms with Crippen LogP contribution < -0.4 is 0 Å². The third kappa shape index (κ3) is 1.16. The molecule has 2 heteroatoms. The summed E-state index contributed by atoms with van der Waals surface area (Å²) in [6.07, 6.45) is 7.13. The summed E-state index contributed by atoms with van der Waals surface area (Å²) in [6.45, 7) is 1.91. The summed E-state index contributed by atoms with van der Waals surface area (Å²) in [5.41, 5.74) is -0.667. The van der Waals surface area contributed by atoms with E-state index in [0.29, 0.717) is 0 Å². The van der Waals surface area contributed by atoms with Gasteiger partial charge in [-0.15, -0.1) is 6.42 Å². The summed E-state index contributed by atoms with van der Waals surface area (Å²) < 4.78 is 5.36. The molecule has 0 saturated carbocycles. The van der Waals surface area contributed by atoms with E-state index in [9.17, 15) is 0 Å². The highest BCUT2D eigenvalue weighted by Crippen LogP contribution is 2.28. The monoisotopic (exact) mass is 140 g/mol. The molecule has 1 N–H and O–H groups in total. The van der Waals surface area contributed by atoms with Crippen molar-refractivity contribution in [3.8, 4) is 12.3 Å². The quantitative estimate of drug-likeness (QED) is 0.539. The van der Waals surface area contributed by atoms with Crippen molar-refractivity contribution in [1.82, 2.24) is 0 Å². The molecule has 2 unspecified atom stereocenters. The molecule has 0 amide bonds. The van der Waals surface area contributed by atoms with Gasteiger partial charge in [0, 0.05) is 0 Å².